The van der Waals surface area contributed by atoms with Gasteiger partial charge in [-0.2, -0.15) is 5.26 Å². The van der Waals surface area contributed by atoms with Crippen LogP contribution in [0.25, 0.3) is 0 Å². The molecule has 0 spiro atoms. The highest BCUT2D eigenvalue weighted by atomic mass is 16.8. The Labute approximate surface area is 101 Å². The summed E-state index contributed by atoms with van der Waals surface area (Å²) in [6.07, 6.45) is -0.0198. The molecule has 2 aliphatic heterocycles. The zero-order chi connectivity index (χ0) is 12.7. The van der Waals surface area contributed by atoms with E-state index < -0.39 is 29.9 Å². The van der Waals surface area contributed by atoms with Gasteiger partial charge in [0.25, 0.3) is 0 Å². The predicted molar refractivity (Wildman–Crippen MR) is 58.9 cm³/mol. The Morgan fingerprint density at radius 3 is 2.71 bits per heavy atom. The molecule has 0 unspecified atom stereocenters. The Morgan fingerprint density at radius 2 is 2.12 bits per heavy atom. The molecule has 94 valence electrons. The van der Waals surface area contributed by atoms with Gasteiger partial charge in [0.1, 0.15) is 11.7 Å². The lowest BCUT2D eigenvalue weighted by atomic mass is 9.95. The Morgan fingerprint density at radius 1 is 1.41 bits per heavy atom. The summed E-state index contributed by atoms with van der Waals surface area (Å²) in [6.45, 7) is 9.36. The van der Waals surface area contributed by atoms with Gasteiger partial charge in [-0.05, 0) is 20.8 Å². The van der Waals surface area contributed by atoms with Gasteiger partial charge in [-0.3, -0.25) is 0 Å². The maximum atomic E-state index is 9.09. The van der Waals surface area contributed by atoms with E-state index in [2.05, 4.69) is 12.6 Å². The van der Waals surface area contributed by atoms with Crippen molar-refractivity contribution in [2.24, 2.45) is 0 Å². The van der Waals surface area contributed by atoms with E-state index >= 15 is 0 Å². The summed E-state index contributed by atoms with van der Waals surface area (Å²) < 4.78 is 22.5. The topological polar surface area (TPSA) is 60.7 Å². The van der Waals surface area contributed by atoms with Crippen molar-refractivity contribution >= 4 is 0 Å². The molecule has 17 heavy (non-hydrogen) atoms. The Balaban J connectivity index is 2.21. The smallest absolute Gasteiger partial charge is 0.191 e. The first-order valence-electron chi connectivity index (χ1n) is 5.58. The average molecular weight is 239 g/mol. The number of hydrogen-bond acceptors (Lipinski definition) is 5. The maximum absolute atomic E-state index is 9.09. The van der Waals surface area contributed by atoms with Crippen LogP contribution in [0.1, 0.15) is 20.8 Å². The van der Waals surface area contributed by atoms with Crippen LogP contribution in [0.4, 0.5) is 0 Å². The van der Waals surface area contributed by atoms with Crippen LogP contribution in [0.5, 0.6) is 0 Å². The van der Waals surface area contributed by atoms with Gasteiger partial charge in [-0.1, -0.05) is 6.08 Å². The second-order valence-electron chi connectivity index (χ2n) is 4.85. The molecular formula is C12H17NO4. The SMILES string of the molecule is C=CCO[C@]1(C)[C@@H](C#N)O[C@@H]2OC(C)(C)O[C@@H]21. The minimum Gasteiger partial charge on any atom is -0.364 e. The van der Waals surface area contributed by atoms with Crippen LogP contribution in [-0.4, -0.2) is 36.5 Å². The van der Waals surface area contributed by atoms with Crippen LogP contribution in [0.2, 0.25) is 0 Å². The molecule has 2 saturated heterocycles. The van der Waals surface area contributed by atoms with Crippen molar-refractivity contribution < 1.29 is 18.9 Å². The highest BCUT2D eigenvalue weighted by Gasteiger charge is 2.62. The molecule has 2 fully saturated rings. The number of fused-ring (bicyclic) bond motifs is 1. The lowest BCUT2D eigenvalue weighted by molar-refractivity contribution is -0.224. The van der Waals surface area contributed by atoms with E-state index in [4.69, 9.17) is 24.2 Å². The average Bonchev–Trinajstić information content (AvgIpc) is 2.69. The summed E-state index contributed by atoms with van der Waals surface area (Å²) in [5.74, 6) is -0.714. The van der Waals surface area contributed by atoms with Gasteiger partial charge in [0.2, 0.25) is 0 Å². The van der Waals surface area contributed by atoms with E-state index in [9.17, 15) is 0 Å². The largest absolute Gasteiger partial charge is 0.364 e. The maximum Gasteiger partial charge on any atom is 0.191 e. The van der Waals surface area contributed by atoms with E-state index in [0.29, 0.717) is 6.61 Å². The first-order chi connectivity index (χ1) is 7.93. The Bertz CT molecular complexity index is 362. The lowest BCUT2D eigenvalue weighted by Gasteiger charge is -2.31. The summed E-state index contributed by atoms with van der Waals surface area (Å²) in [5.41, 5.74) is -0.832. The molecular weight excluding hydrogens is 222 g/mol. The molecule has 0 saturated carbocycles. The van der Waals surface area contributed by atoms with E-state index in [-0.39, 0.29) is 0 Å². The van der Waals surface area contributed by atoms with Crippen molar-refractivity contribution in [2.45, 2.75) is 50.7 Å². The molecule has 5 heteroatoms. The van der Waals surface area contributed by atoms with Crippen molar-refractivity contribution in [2.75, 3.05) is 6.61 Å². The summed E-state index contributed by atoms with van der Waals surface area (Å²) in [5, 5.41) is 9.09. The molecule has 5 nitrogen and oxygen atoms in total. The summed E-state index contributed by atoms with van der Waals surface area (Å²) in [7, 11) is 0. The standard InChI is InChI=1S/C12H17NO4/c1-5-6-14-12(4)8(7-13)15-10-9(12)16-11(2,3)17-10/h5,8-10H,1,6H2,2-4H3/t8-,9+,10-,12-/m1/s1. The van der Waals surface area contributed by atoms with Crippen LogP contribution >= 0.6 is 0 Å². The third kappa shape index (κ3) is 1.98. The van der Waals surface area contributed by atoms with Gasteiger partial charge >= 0.3 is 0 Å². The van der Waals surface area contributed by atoms with Gasteiger partial charge in [-0.15, -0.1) is 6.58 Å². The van der Waals surface area contributed by atoms with E-state index in [1.165, 1.54) is 0 Å². The number of nitriles is 1. The van der Waals surface area contributed by atoms with Crippen molar-refractivity contribution in [3.8, 4) is 6.07 Å². The predicted octanol–water partition coefficient (Wildman–Crippen LogP) is 1.35. The van der Waals surface area contributed by atoms with Crippen molar-refractivity contribution in [3.63, 3.8) is 0 Å². The molecule has 0 aliphatic carbocycles. The minimum atomic E-state index is -0.832. The van der Waals surface area contributed by atoms with E-state index in [0.717, 1.165) is 0 Å². The molecule has 0 radical (unpaired) electrons. The highest BCUT2D eigenvalue weighted by Crippen LogP contribution is 2.44. The van der Waals surface area contributed by atoms with E-state index in [1.54, 1.807) is 13.0 Å². The zero-order valence-corrected chi connectivity index (χ0v) is 10.3. The second kappa shape index (κ2) is 4.07. The van der Waals surface area contributed by atoms with Gasteiger partial charge in [-0.25, -0.2) is 0 Å². The molecule has 2 heterocycles. The van der Waals surface area contributed by atoms with Gasteiger partial charge in [0.05, 0.1) is 12.7 Å². The Kier molecular flexibility index (Phi) is 3.00. The third-order valence-electron chi connectivity index (χ3n) is 3.04. The second-order valence-corrected chi connectivity index (χ2v) is 4.85. The Hall–Kier alpha value is -0.930. The molecule has 4 atom stereocenters. The molecule has 0 aromatic rings. The minimum absolute atomic E-state index is 0.338. The van der Waals surface area contributed by atoms with Crippen molar-refractivity contribution in [1.29, 1.82) is 5.26 Å². The first kappa shape index (κ1) is 12.5. The fourth-order valence-corrected chi connectivity index (χ4v) is 2.19. The molecule has 2 aliphatic rings. The van der Waals surface area contributed by atoms with Crippen molar-refractivity contribution in [1.82, 2.24) is 0 Å². The fourth-order valence-electron chi connectivity index (χ4n) is 2.19. The summed E-state index contributed by atoms with van der Waals surface area (Å²) in [4.78, 5) is 0. The summed E-state index contributed by atoms with van der Waals surface area (Å²) in [6, 6.07) is 2.08. The quantitative estimate of drug-likeness (QED) is 0.696. The van der Waals surface area contributed by atoms with Crippen LogP contribution in [0, 0.1) is 11.3 Å². The van der Waals surface area contributed by atoms with Crippen LogP contribution < -0.4 is 0 Å². The number of rotatable bonds is 3. The van der Waals surface area contributed by atoms with Gasteiger partial charge in [0, 0.05) is 0 Å². The molecule has 0 amide bonds. The van der Waals surface area contributed by atoms with Gasteiger partial charge < -0.3 is 18.9 Å². The van der Waals surface area contributed by atoms with Crippen molar-refractivity contribution in [3.05, 3.63) is 12.7 Å². The lowest BCUT2D eigenvalue weighted by Crippen LogP contribution is -2.48. The molecule has 0 N–H and O–H groups in total. The van der Waals surface area contributed by atoms with E-state index in [1.807, 2.05) is 13.8 Å². The zero-order valence-electron chi connectivity index (χ0n) is 10.3. The normalized spacial score (nSPS) is 43.1. The molecule has 0 aromatic carbocycles. The number of hydrogen-bond donors (Lipinski definition) is 0. The summed E-state index contributed by atoms with van der Waals surface area (Å²) >= 11 is 0. The highest BCUT2D eigenvalue weighted by molar-refractivity contribution is 5.12. The first-order valence-corrected chi connectivity index (χ1v) is 5.58. The van der Waals surface area contributed by atoms with Crippen LogP contribution in [0.3, 0.4) is 0 Å². The third-order valence-corrected chi connectivity index (χ3v) is 3.04. The molecule has 0 aromatic heterocycles. The molecule has 0 bridgehead atoms. The monoisotopic (exact) mass is 239 g/mol. The number of ether oxygens (including phenoxy) is 4. The van der Waals surface area contributed by atoms with Crippen LogP contribution in [0.15, 0.2) is 12.7 Å². The number of nitrogens with zero attached hydrogens (tertiary/aromatic N) is 1. The fraction of sp³-hybridized carbons (Fsp3) is 0.750. The molecule has 2 rings (SSSR count). The van der Waals surface area contributed by atoms with Gasteiger partial charge in [0.15, 0.2) is 18.2 Å². The van der Waals surface area contributed by atoms with Crippen LogP contribution in [-0.2, 0) is 18.9 Å².